The Kier molecular flexibility index (Phi) is 9.06. The summed E-state index contributed by atoms with van der Waals surface area (Å²) in [5.74, 6) is -1.84. The Morgan fingerprint density at radius 3 is 1.94 bits per heavy atom. The summed E-state index contributed by atoms with van der Waals surface area (Å²) in [6, 6.07) is 0. The van der Waals surface area contributed by atoms with Gasteiger partial charge in [-0.05, 0) is 97.7 Å². The summed E-state index contributed by atoms with van der Waals surface area (Å²) in [6.45, 7) is 18.7. The van der Waals surface area contributed by atoms with E-state index in [1.54, 1.807) is 0 Å². The number of ether oxygens (including phenoxy) is 4. The molecule has 9 heteroatoms. The third-order valence-electron chi connectivity index (χ3n) is 14.7. The Labute approximate surface area is 280 Å². The van der Waals surface area contributed by atoms with E-state index in [-0.39, 0.29) is 53.1 Å². The lowest BCUT2D eigenvalue weighted by Gasteiger charge is -2.72. The predicted molar refractivity (Wildman–Crippen MR) is 175 cm³/mol. The van der Waals surface area contributed by atoms with Gasteiger partial charge in [-0.1, -0.05) is 46.3 Å². The molecule has 47 heavy (non-hydrogen) atoms. The number of esters is 4. The van der Waals surface area contributed by atoms with Crippen LogP contribution in [-0.4, -0.2) is 60.0 Å². The van der Waals surface area contributed by atoms with Crippen LogP contribution in [0.5, 0.6) is 0 Å². The molecule has 0 aromatic carbocycles. The van der Waals surface area contributed by atoms with Crippen LogP contribution in [0.4, 0.5) is 0 Å². The van der Waals surface area contributed by atoms with Gasteiger partial charge in [-0.2, -0.15) is 0 Å². The van der Waals surface area contributed by atoms with Gasteiger partial charge in [0.1, 0.15) is 19.3 Å². The molecule has 0 bridgehead atoms. The quantitative estimate of drug-likeness (QED) is 0.198. The van der Waals surface area contributed by atoms with Crippen LogP contribution in [0.25, 0.3) is 0 Å². The minimum atomic E-state index is -1.14. The Bertz CT molecular complexity index is 1310. The minimum absolute atomic E-state index is 0.0391. The zero-order chi connectivity index (χ0) is 35.0. The second-order valence-electron chi connectivity index (χ2n) is 17.2. The maximum atomic E-state index is 12.6. The van der Waals surface area contributed by atoms with E-state index in [1.807, 2.05) is 0 Å². The Morgan fingerprint density at radius 2 is 1.38 bits per heavy atom. The van der Waals surface area contributed by atoms with Gasteiger partial charge in [0.05, 0.1) is 11.0 Å². The van der Waals surface area contributed by atoms with E-state index in [4.69, 9.17) is 18.9 Å². The van der Waals surface area contributed by atoms with Crippen LogP contribution in [-0.2, 0) is 38.1 Å². The number of rotatable bonds is 6. The fourth-order valence-corrected chi connectivity index (χ4v) is 12.1. The lowest BCUT2D eigenvalue weighted by Crippen LogP contribution is -2.71. The largest absolute Gasteiger partial charge is 0.465 e. The van der Waals surface area contributed by atoms with E-state index < -0.39 is 52.5 Å². The molecule has 4 fully saturated rings. The maximum Gasteiger partial charge on any atom is 0.303 e. The van der Waals surface area contributed by atoms with Gasteiger partial charge in [-0.15, -0.1) is 0 Å². The van der Waals surface area contributed by atoms with E-state index in [0.29, 0.717) is 12.8 Å². The molecule has 0 saturated heterocycles. The van der Waals surface area contributed by atoms with Gasteiger partial charge in [-0.25, -0.2) is 0 Å². The summed E-state index contributed by atoms with van der Waals surface area (Å²) in [4.78, 5) is 49.9. The molecule has 1 N–H and O–H groups in total. The second-order valence-corrected chi connectivity index (χ2v) is 17.2. The lowest BCUT2D eigenvalue weighted by molar-refractivity contribution is -0.269. The Balaban J connectivity index is 1.68. The molecule has 0 aromatic heterocycles. The van der Waals surface area contributed by atoms with Crippen molar-refractivity contribution in [3.8, 4) is 0 Å². The molecular formula is C38H58O9. The molecule has 4 saturated carbocycles. The molecule has 0 spiro atoms. The fraction of sp³-hybridized carbons (Fsp3) is 0.842. The van der Waals surface area contributed by atoms with Crippen molar-refractivity contribution in [1.29, 1.82) is 0 Å². The first-order valence-corrected chi connectivity index (χ1v) is 17.7. The lowest BCUT2D eigenvalue weighted by atomic mass is 9.33. The first kappa shape index (κ1) is 35.9. The van der Waals surface area contributed by atoms with Crippen molar-refractivity contribution in [2.45, 2.75) is 138 Å². The smallest absolute Gasteiger partial charge is 0.303 e. The zero-order valence-corrected chi connectivity index (χ0v) is 30.3. The average Bonchev–Trinajstić information content (AvgIpc) is 2.94. The summed E-state index contributed by atoms with van der Waals surface area (Å²) in [6.07, 6.45) is 7.64. The van der Waals surface area contributed by atoms with Gasteiger partial charge in [0, 0.05) is 33.6 Å². The number of fused-ring (bicyclic) bond motifs is 7. The SMILES string of the molecule is CC(=O)OCC1(COC(C)=O)[C@@H](OC(C)=O)[C@H](OC(C)=O)C[C@]2(C)[C@H]3CC=C4[C@H]5[C@](C)(CC[C@@H](C)[C@@]5(C)O)CC[C@@]4(C)[C@]3(C)CC[C@@H]12. The molecule has 9 nitrogen and oxygen atoms in total. The highest BCUT2D eigenvalue weighted by Crippen LogP contribution is 2.76. The van der Waals surface area contributed by atoms with Gasteiger partial charge in [0.15, 0.2) is 6.10 Å². The molecule has 5 rings (SSSR count). The van der Waals surface area contributed by atoms with Crippen molar-refractivity contribution < 1.29 is 43.2 Å². The highest BCUT2D eigenvalue weighted by Gasteiger charge is 2.73. The van der Waals surface area contributed by atoms with Crippen LogP contribution >= 0.6 is 0 Å². The van der Waals surface area contributed by atoms with Crippen molar-refractivity contribution in [2.75, 3.05) is 13.2 Å². The van der Waals surface area contributed by atoms with Crippen LogP contribution in [0.1, 0.15) is 121 Å². The topological polar surface area (TPSA) is 125 Å². The Hall–Kier alpha value is -2.42. The number of allylic oxidation sites excluding steroid dienone is 1. The maximum absolute atomic E-state index is 12.6. The van der Waals surface area contributed by atoms with E-state index in [9.17, 15) is 24.3 Å². The minimum Gasteiger partial charge on any atom is -0.465 e. The van der Waals surface area contributed by atoms with Gasteiger partial charge < -0.3 is 24.1 Å². The van der Waals surface area contributed by atoms with E-state index in [0.717, 1.165) is 38.5 Å². The summed E-state index contributed by atoms with van der Waals surface area (Å²) in [7, 11) is 0. The van der Waals surface area contributed by atoms with E-state index >= 15 is 0 Å². The van der Waals surface area contributed by atoms with Crippen LogP contribution in [0.3, 0.4) is 0 Å². The van der Waals surface area contributed by atoms with Crippen LogP contribution < -0.4 is 0 Å². The highest BCUT2D eigenvalue weighted by atomic mass is 16.6. The summed E-state index contributed by atoms with van der Waals surface area (Å²) in [5, 5.41) is 12.2. The molecule has 5 aliphatic rings. The van der Waals surface area contributed by atoms with E-state index in [2.05, 4.69) is 47.6 Å². The number of hydrogen-bond acceptors (Lipinski definition) is 9. The zero-order valence-electron chi connectivity index (χ0n) is 30.3. The number of hydrogen-bond donors (Lipinski definition) is 1. The van der Waals surface area contributed by atoms with Crippen LogP contribution in [0.2, 0.25) is 0 Å². The van der Waals surface area contributed by atoms with Crippen molar-refractivity contribution in [1.82, 2.24) is 0 Å². The van der Waals surface area contributed by atoms with Crippen molar-refractivity contribution in [3.63, 3.8) is 0 Å². The standard InChI is InChI=1S/C38H58O9/c1-22-13-15-33(6)17-18-35(8)27(31(33)37(22,10)43)11-12-29-34(7)19-28(46-25(4)41)32(47-26(5)42)38(20-44-23(2)39,21-45-24(3)40)30(34)14-16-36(29,35)9/h11,22,28-32,43H,12-21H2,1-10H3/t22-,28-,29-,30-,31+,32+,33-,34-,35-,36-,37-/m1/s1. The second kappa shape index (κ2) is 11.9. The summed E-state index contributed by atoms with van der Waals surface area (Å²) >= 11 is 0. The van der Waals surface area contributed by atoms with Gasteiger partial charge in [0.25, 0.3) is 0 Å². The summed E-state index contributed by atoms with van der Waals surface area (Å²) in [5.41, 5.74) is -1.32. The van der Waals surface area contributed by atoms with Crippen molar-refractivity contribution in [2.24, 2.45) is 50.7 Å². The summed E-state index contributed by atoms with van der Waals surface area (Å²) < 4.78 is 23.5. The highest BCUT2D eigenvalue weighted by molar-refractivity contribution is 5.68. The Morgan fingerprint density at radius 1 is 0.787 bits per heavy atom. The van der Waals surface area contributed by atoms with Gasteiger partial charge >= 0.3 is 23.9 Å². The third kappa shape index (κ3) is 5.45. The van der Waals surface area contributed by atoms with Gasteiger partial charge in [-0.3, -0.25) is 19.2 Å². The van der Waals surface area contributed by atoms with Crippen LogP contribution in [0, 0.1) is 50.7 Å². The molecule has 0 aliphatic heterocycles. The predicted octanol–water partition coefficient (Wildman–Crippen LogP) is 6.34. The number of carbonyl (C=O) groups is 4. The molecule has 264 valence electrons. The van der Waals surface area contributed by atoms with Crippen molar-refractivity contribution >= 4 is 23.9 Å². The monoisotopic (exact) mass is 658 g/mol. The van der Waals surface area contributed by atoms with Crippen LogP contribution in [0.15, 0.2) is 11.6 Å². The molecule has 0 unspecified atom stereocenters. The molecule has 0 radical (unpaired) electrons. The molecule has 0 heterocycles. The molecular weight excluding hydrogens is 600 g/mol. The van der Waals surface area contributed by atoms with Crippen molar-refractivity contribution in [3.05, 3.63) is 11.6 Å². The van der Waals surface area contributed by atoms with Gasteiger partial charge in [0.2, 0.25) is 0 Å². The first-order chi connectivity index (χ1) is 21.7. The average molecular weight is 659 g/mol. The van der Waals surface area contributed by atoms with E-state index in [1.165, 1.54) is 33.3 Å². The normalized spacial score (nSPS) is 45.0. The number of aliphatic hydroxyl groups is 1. The number of carbonyl (C=O) groups excluding carboxylic acids is 4. The fourth-order valence-electron chi connectivity index (χ4n) is 12.1. The molecule has 5 aliphatic carbocycles. The molecule has 0 aromatic rings. The third-order valence-corrected chi connectivity index (χ3v) is 14.7. The molecule has 11 atom stereocenters. The first-order valence-electron chi connectivity index (χ1n) is 17.7. The molecule has 0 amide bonds.